The Morgan fingerprint density at radius 1 is 1.24 bits per heavy atom. The summed E-state index contributed by atoms with van der Waals surface area (Å²) in [5.41, 5.74) is 1.15. The Morgan fingerprint density at radius 2 is 2.24 bits per heavy atom. The lowest BCUT2D eigenvalue weighted by molar-refractivity contribution is -0.0111. The van der Waals surface area contributed by atoms with Gasteiger partial charge >= 0.3 is 0 Å². The van der Waals surface area contributed by atoms with Crippen molar-refractivity contribution < 1.29 is 9.47 Å². The number of ether oxygens (including phenoxy) is 2. The van der Waals surface area contributed by atoms with E-state index in [1.165, 1.54) is 19.3 Å². The van der Waals surface area contributed by atoms with E-state index in [1.54, 1.807) is 6.20 Å². The molecule has 2 aliphatic rings. The van der Waals surface area contributed by atoms with Crippen molar-refractivity contribution in [2.75, 3.05) is 44.3 Å². The molecule has 3 heterocycles. The van der Waals surface area contributed by atoms with Crippen molar-refractivity contribution in [2.24, 2.45) is 0 Å². The maximum absolute atomic E-state index is 5.88. The first-order valence-corrected chi connectivity index (χ1v) is 8.07. The third kappa shape index (κ3) is 4.32. The maximum atomic E-state index is 5.88. The highest BCUT2D eigenvalue weighted by atomic mass is 16.5. The normalized spacial score (nSPS) is 23.6. The van der Waals surface area contributed by atoms with Crippen LogP contribution in [-0.2, 0) is 4.74 Å². The van der Waals surface area contributed by atoms with Gasteiger partial charge in [0.1, 0.15) is 12.4 Å². The minimum atomic E-state index is 0.241. The van der Waals surface area contributed by atoms with Crippen molar-refractivity contribution in [2.45, 2.75) is 31.8 Å². The van der Waals surface area contributed by atoms with Gasteiger partial charge in [0.2, 0.25) is 0 Å². The Bertz CT molecular complexity index is 427. The maximum Gasteiger partial charge on any atom is 0.139 e. The van der Waals surface area contributed by atoms with E-state index >= 15 is 0 Å². The molecular formula is C16H25N3O2. The predicted molar refractivity (Wildman–Crippen MR) is 83.0 cm³/mol. The van der Waals surface area contributed by atoms with Crippen LogP contribution in [-0.4, -0.2) is 50.5 Å². The second-order valence-electron chi connectivity index (χ2n) is 5.77. The van der Waals surface area contributed by atoms with Crippen LogP contribution in [0.5, 0.6) is 5.75 Å². The van der Waals surface area contributed by atoms with E-state index in [2.05, 4.69) is 21.3 Å². The summed E-state index contributed by atoms with van der Waals surface area (Å²) < 4.78 is 11.6. The van der Waals surface area contributed by atoms with Crippen LogP contribution in [0, 0.1) is 0 Å². The Morgan fingerprint density at radius 3 is 3.14 bits per heavy atom. The number of hydrogen-bond acceptors (Lipinski definition) is 5. The van der Waals surface area contributed by atoms with Crippen molar-refractivity contribution >= 4 is 5.69 Å². The van der Waals surface area contributed by atoms with Gasteiger partial charge in [0, 0.05) is 32.3 Å². The molecule has 2 fully saturated rings. The lowest BCUT2D eigenvalue weighted by Gasteiger charge is -2.24. The van der Waals surface area contributed by atoms with E-state index in [0.29, 0.717) is 6.61 Å². The Kier molecular flexibility index (Phi) is 5.29. The van der Waals surface area contributed by atoms with E-state index in [9.17, 15) is 0 Å². The molecule has 0 saturated carbocycles. The molecule has 5 heteroatoms. The third-order valence-electron chi connectivity index (χ3n) is 4.11. The first-order chi connectivity index (χ1) is 10.4. The Hall–Kier alpha value is -1.33. The largest absolute Gasteiger partial charge is 0.489 e. The molecule has 0 radical (unpaired) electrons. The van der Waals surface area contributed by atoms with Crippen molar-refractivity contribution in [3.8, 4) is 5.75 Å². The van der Waals surface area contributed by atoms with Crippen molar-refractivity contribution in [1.82, 2.24) is 10.3 Å². The van der Waals surface area contributed by atoms with Gasteiger partial charge in [-0.15, -0.1) is 0 Å². The lowest BCUT2D eigenvalue weighted by atomic mass is 10.1. The zero-order valence-corrected chi connectivity index (χ0v) is 12.6. The topological polar surface area (TPSA) is 46.6 Å². The summed E-state index contributed by atoms with van der Waals surface area (Å²) in [6.07, 6.45) is 8.65. The monoisotopic (exact) mass is 291 g/mol. The average molecular weight is 291 g/mol. The Labute approximate surface area is 126 Å². The number of rotatable bonds is 4. The summed E-state index contributed by atoms with van der Waals surface area (Å²) >= 11 is 0. The second-order valence-corrected chi connectivity index (χ2v) is 5.77. The molecule has 2 saturated heterocycles. The van der Waals surface area contributed by atoms with Gasteiger partial charge in [-0.2, -0.15) is 0 Å². The quantitative estimate of drug-likeness (QED) is 0.917. The highest BCUT2D eigenvalue weighted by Crippen LogP contribution is 2.21. The summed E-state index contributed by atoms with van der Waals surface area (Å²) in [5.74, 6) is 0.846. The fraction of sp³-hybridized carbons (Fsp3) is 0.688. The summed E-state index contributed by atoms with van der Waals surface area (Å²) in [6, 6.07) is 2.10. The van der Waals surface area contributed by atoms with Gasteiger partial charge < -0.3 is 19.7 Å². The molecule has 1 unspecified atom stereocenters. The second kappa shape index (κ2) is 7.61. The van der Waals surface area contributed by atoms with Crippen LogP contribution in [0.2, 0.25) is 0 Å². The summed E-state index contributed by atoms with van der Waals surface area (Å²) in [7, 11) is 0. The van der Waals surface area contributed by atoms with Gasteiger partial charge in [-0.1, -0.05) is 0 Å². The number of pyridine rings is 1. The average Bonchev–Trinajstić information content (AvgIpc) is 2.83. The van der Waals surface area contributed by atoms with Gasteiger partial charge in [0.05, 0.1) is 24.2 Å². The van der Waals surface area contributed by atoms with Gasteiger partial charge in [-0.05, 0) is 32.2 Å². The molecule has 21 heavy (non-hydrogen) atoms. The van der Waals surface area contributed by atoms with E-state index < -0.39 is 0 Å². The zero-order chi connectivity index (χ0) is 14.3. The van der Waals surface area contributed by atoms with Gasteiger partial charge in [0.15, 0.2) is 0 Å². The molecule has 1 aromatic heterocycles. The van der Waals surface area contributed by atoms with Crippen molar-refractivity contribution in [3.05, 3.63) is 18.5 Å². The molecule has 5 nitrogen and oxygen atoms in total. The highest BCUT2D eigenvalue weighted by Gasteiger charge is 2.15. The van der Waals surface area contributed by atoms with E-state index in [0.717, 1.165) is 50.6 Å². The molecule has 2 aliphatic heterocycles. The molecule has 0 bridgehead atoms. The number of anilines is 1. The van der Waals surface area contributed by atoms with Crippen LogP contribution in [0.25, 0.3) is 0 Å². The van der Waals surface area contributed by atoms with Crippen LogP contribution in [0.4, 0.5) is 5.69 Å². The number of aromatic nitrogens is 1. The molecule has 1 N–H and O–H groups in total. The minimum Gasteiger partial charge on any atom is -0.489 e. The zero-order valence-electron chi connectivity index (χ0n) is 12.6. The van der Waals surface area contributed by atoms with E-state index in [-0.39, 0.29) is 6.10 Å². The SMILES string of the molecule is c1ncc(N2CCCNCC2)cc1OCC1CCCCO1. The molecule has 0 amide bonds. The summed E-state index contributed by atoms with van der Waals surface area (Å²) in [6.45, 7) is 5.72. The fourth-order valence-corrected chi connectivity index (χ4v) is 2.89. The molecule has 3 rings (SSSR count). The molecule has 1 atom stereocenters. The predicted octanol–water partition coefficient (Wildman–Crippen LogP) is 1.83. The van der Waals surface area contributed by atoms with Crippen LogP contribution < -0.4 is 15.0 Å². The van der Waals surface area contributed by atoms with Crippen LogP contribution in [0.3, 0.4) is 0 Å². The number of nitrogens with one attached hydrogen (secondary N) is 1. The van der Waals surface area contributed by atoms with Gasteiger partial charge in [0.25, 0.3) is 0 Å². The van der Waals surface area contributed by atoms with Crippen molar-refractivity contribution in [3.63, 3.8) is 0 Å². The minimum absolute atomic E-state index is 0.241. The number of nitrogens with zero attached hydrogens (tertiary/aromatic N) is 2. The number of hydrogen-bond donors (Lipinski definition) is 1. The summed E-state index contributed by atoms with van der Waals surface area (Å²) in [4.78, 5) is 6.70. The summed E-state index contributed by atoms with van der Waals surface area (Å²) in [5, 5.41) is 3.42. The molecule has 0 aliphatic carbocycles. The molecular weight excluding hydrogens is 266 g/mol. The molecule has 116 valence electrons. The standard InChI is InChI=1S/C16H25N3O2/c1-2-9-20-15(4-1)13-21-16-10-14(11-18-12-16)19-7-3-5-17-6-8-19/h10-12,15,17H,1-9,13H2. The first-order valence-electron chi connectivity index (χ1n) is 8.07. The molecule has 0 aromatic carbocycles. The van der Waals surface area contributed by atoms with Crippen LogP contribution >= 0.6 is 0 Å². The highest BCUT2D eigenvalue weighted by molar-refractivity contribution is 5.48. The molecule has 1 aromatic rings. The van der Waals surface area contributed by atoms with Crippen LogP contribution in [0.1, 0.15) is 25.7 Å². The Balaban J connectivity index is 1.56. The lowest BCUT2D eigenvalue weighted by Crippen LogP contribution is -2.28. The van der Waals surface area contributed by atoms with Gasteiger partial charge in [-0.3, -0.25) is 4.98 Å². The van der Waals surface area contributed by atoms with Crippen LogP contribution in [0.15, 0.2) is 18.5 Å². The van der Waals surface area contributed by atoms with E-state index in [4.69, 9.17) is 9.47 Å². The smallest absolute Gasteiger partial charge is 0.139 e. The third-order valence-corrected chi connectivity index (χ3v) is 4.11. The van der Waals surface area contributed by atoms with Crippen molar-refractivity contribution in [1.29, 1.82) is 0 Å². The fourth-order valence-electron chi connectivity index (χ4n) is 2.89. The molecule has 0 spiro atoms. The first kappa shape index (κ1) is 14.6. The van der Waals surface area contributed by atoms with E-state index in [1.807, 2.05) is 6.20 Å². The van der Waals surface area contributed by atoms with Gasteiger partial charge in [-0.25, -0.2) is 0 Å².